The first-order valence-electron chi connectivity index (χ1n) is 6.29. The van der Waals surface area contributed by atoms with Crippen LogP contribution in [-0.4, -0.2) is 50.3 Å². The number of hydrogen-bond donors (Lipinski definition) is 1. The molecule has 1 aromatic carbocycles. The van der Waals surface area contributed by atoms with E-state index in [0.29, 0.717) is 5.56 Å². The van der Waals surface area contributed by atoms with Gasteiger partial charge in [0, 0.05) is 12.6 Å². The monoisotopic (exact) mass is 353 g/mol. The summed E-state index contributed by atoms with van der Waals surface area (Å²) in [6, 6.07) is 3.60. The van der Waals surface area contributed by atoms with Gasteiger partial charge < -0.3 is 5.11 Å². The Morgan fingerprint density at radius 2 is 2.10 bits per heavy atom. The van der Waals surface area contributed by atoms with Crippen LogP contribution >= 0.6 is 11.6 Å². The van der Waals surface area contributed by atoms with Crippen LogP contribution in [0.5, 0.6) is 0 Å². The van der Waals surface area contributed by atoms with Gasteiger partial charge in [0.2, 0.25) is 10.0 Å². The van der Waals surface area contributed by atoms with E-state index in [0.717, 1.165) is 4.31 Å². The van der Waals surface area contributed by atoms with Crippen LogP contribution in [0.15, 0.2) is 23.1 Å². The third-order valence-corrected chi connectivity index (χ3v) is 7.66. The predicted octanol–water partition coefficient (Wildman–Crippen LogP) is 0.640. The van der Waals surface area contributed by atoms with Crippen molar-refractivity contribution in [2.75, 3.05) is 18.1 Å². The molecule has 0 aliphatic carbocycles. The number of hydrogen-bond acceptors (Lipinski definition) is 5. The molecule has 118 valence electrons. The third-order valence-electron chi connectivity index (χ3n) is 3.37. The molecule has 1 unspecified atom stereocenters. The Hall–Kier alpha value is -0.670. The van der Waals surface area contributed by atoms with Gasteiger partial charge in [-0.25, -0.2) is 16.8 Å². The summed E-state index contributed by atoms with van der Waals surface area (Å²) in [6.07, 6.45) is 0. The lowest BCUT2D eigenvalue weighted by Gasteiger charge is -2.32. The number of aliphatic hydroxyl groups is 1. The lowest BCUT2D eigenvalue weighted by Crippen LogP contribution is -2.49. The fourth-order valence-electron chi connectivity index (χ4n) is 2.31. The molecule has 0 spiro atoms. The number of sulfone groups is 1. The molecule has 1 aromatic rings. The van der Waals surface area contributed by atoms with Crippen molar-refractivity contribution in [1.82, 2.24) is 4.31 Å². The minimum Gasteiger partial charge on any atom is -0.392 e. The molecule has 1 heterocycles. The van der Waals surface area contributed by atoms with Crippen LogP contribution in [0.1, 0.15) is 12.5 Å². The molecule has 9 heteroatoms. The van der Waals surface area contributed by atoms with Gasteiger partial charge in [0.25, 0.3) is 0 Å². The van der Waals surface area contributed by atoms with E-state index in [-0.39, 0.29) is 34.6 Å². The fourth-order valence-corrected chi connectivity index (χ4v) is 6.23. The molecule has 1 aliphatic heterocycles. The zero-order valence-electron chi connectivity index (χ0n) is 11.4. The second kappa shape index (κ2) is 5.85. The average molecular weight is 354 g/mol. The van der Waals surface area contributed by atoms with Crippen LogP contribution < -0.4 is 0 Å². The number of halogens is 1. The van der Waals surface area contributed by atoms with Crippen LogP contribution in [0, 0.1) is 0 Å². The second-order valence-electron chi connectivity index (χ2n) is 5.00. The number of aliphatic hydroxyl groups excluding tert-OH is 1. The van der Waals surface area contributed by atoms with Gasteiger partial charge in [-0.05, 0) is 24.6 Å². The molecule has 1 fully saturated rings. The van der Waals surface area contributed by atoms with Crippen LogP contribution in [0.3, 0.4) is 0 Å². The number of rotatable bonds is 3. The maximum Gasteiger partial charge on any atom is 0.244 e. The summed E-state index contributed by atoms with van der Waals surface area (Å²) >= 11 is 5.95. The number of sulfonamides is 1. The van der Waals surface area contributed by atoms with Crippen LogP contribution in [-0.2, 0) is 26.5 Å². The highest BCUT2D eigenvalue weighted by atomic mass is 35.5. The highest BCUT2D eigenvalue weighted by Crippen LogP contribution is 2.28. The molecule has 2 rings (SSSR count). The Labute approximate surface area is 129 Å². The first-order valence-corrected chi connectivity index (χ1v) is 9.93. The lowest BCUT2D eigenvalue weighted by atomic mass is 10.2. The second-order valence-corrected chi connectivity index (χ2v) is 9.50. The SMILES string of the molecule is CC1CS(=O)(=O)CCN1S(=O)(=O)c1cc(CO)ccc1Cl. The van der Waals surface area contributed by atoms with Crippen LogP contribution in [0.4, 0.5) is 0 Å². The highest BCUT2D eigenvalue weighted by Gasteiger charge is 2.37. The molecule has 0 saturated carbocycles. The number of nitrogens with zero attached hydrogens (tertiary/aromatic N) is 1. The minimum atomic E-state index is -3.90. The molecule has 0 amide bonds. The molecule has 1 N–H and O–H groups in total. The van der Waals surface area contributed by atoms with Gasteiger partial charge in [-0.2, -0.15) is 4.31 Å². The normalized spacial score (nSPS) is 23.1. The van der Waals surface area contributed by atoms with Crippen molar-refractivity contribution in [3.63, 3.8) is 0 Å². The molecule has 0 radical (unpaired) electrons. The van der Waals surface area contributed by atoms with Crippen molar-refractivity contribution >= 4 is 31.5 Å². The van der Waals surface area contributed by atoms with E-state index in [1.807, 2.05) is 0 Å². The summed E-state index contributed by atoms with van der Waals surface area (Å²) in [5.41, 5.74) is 0.426. The summed E-state index contributed by atoms with van der Waals surface area (Å²) in [7, 11) is -7.11. The summed E-state index contributed by atoms with van der Waals surface area (Å²) in [5, 5.41) is 9.17. The molecule has 6 nitrogen and oxygen atoms in total. The maximum atomic E-state index is 12.7. The Kier molecular flexibility index (Phi) is 4.65. The zero-order valence-corrected chi connectivity index (χ0v) is 13.7. The quantitative estimate of drug-likeness (QED) is 0.861. The minimum absolute atomic E-state index is 0.0489. The molecule has 1 atom stereocenters. The number of benzene rings is 1. The van der Waals surface area contributed by atoms with Crippen molar-refractivity contribution in [1.29, 1.82) is 0 Å². The first-order chi connectivity index (χ1) is 9.67. The van der Waals surface area contributed by atoms with E-state index in [1.165, 1.54) is 18.2 Å². The topological polar surface area (TPSA) is 91.8 Å². The van der Waals surface area contributed by atoms with Gasteiger partial charge in [0.15, 0.2) is 9.84 Å². The van der Waals surface area contributed by atoms with Gasteiger partial charge in [0.05, 0.1) is 23.1 Å². The smallest absolute Gasteiger partial charge is 0.244 e. The van der Waals surface area contributed by atoms with Gasteiger partial charge in [-0.1, -0.05) is 17.7 Å². The summed E-state index contributed by atoms with van der Waals surface area (Å²) in [5.74, 6) is -0.405. The Bertz CT molecular complexity index is 745. The summed E-state index contributed by atoms with van der Waals surface area (Å²) < 4.78 is 49.6. The fraction of sp³-hybridized carbons (Fsp3) is 0.500. The lowest BCUT2D eigenvalue weighted by molar-refractivity contribution is 0.281. The molecule has 0 bridgehead atoms. The van der Waals surface area contributed by atoms with Gasteiger partial charge in [-0.3, -0.25) is 0 Å². The van der Waals surface area contributed by atoms with E-state index in [2.05, 4.69) is 0 Å². The van der Waals surface area contributed by atoms with Gasteiger partial charge >= 0.3 is 0 Å². The maximum absolute atomic E-state index is 12.7. The Morgan fingerprint density at radius 1 is 1.43 bits per heavy atom. The van der Waals surface area contributed by atoms with Crippen LogP contribution in [0.25, 0.3) is 0 Å². The zero-order chi connectivity index (χ0) is 15.8. The molecule has 21 heavy (non-hydrogen) atoms. The van der Waals surface area contributed by atoms with Crippen molar-refractivity contribution in [2.45, 2.75) is 24.5 Å². The Morgan fingerprint density at radius 3 is 2.67 bits per heavy atom. The van der Waals surface area contributed by atoms with Gasteiger partial charge in [-0.15, -0.1) is 0 Å². The first kappa shape index (κ1) is 16.7. The molecular weight excluding hydrogens is 338 g/mol. The van der Waals surface area contributed by atoms with Crippen molar-refractivity contribution in [3.8, 4) is 0 Å². The van der Waals surface area contributed by atoms with Crippen molar-refractivity contribution in [3.05, 3.63) is 28.8 Å². The molecule has 0 aromatic heterocycles. The predicted molar refractivity (Wildman–Crippen MR) is 79.4 cm³/mol. The molecular formula is C12H16ClNO5S2. The average Bonchev–Trinajstić information content (AvgIpc) is 2.37. The van der Waals surface area contributed by atoms with E-state index in [1.54, 1.807) is 6.92 Å². The third kappa shape index (κ3) is 3.40. The Balaban J connectivity index is 2.43. The van der Waals surface area contributed by atoms with E-state index in [4.69, 9.17) is 16.7 Å². The molecule has 1 aliphatic rings. The largest absolute Gasteiger partial charge is 0.392 e. The van der Waals surface area contributed by atoms with Gasteiger partial charge in [0.1, 0.15) is 4.90 Å². The van der Waals surface area contributed by atoms with Crippen molar-refractivity contribution < 1.29 is 21.9 Å². The van der Waals surface area contributed by atoms with E-state index in [9.17, 15) is 16.8 Å². The standard InChI is InChI=1S/C12H16ClNO5S2/c1-9-8-20(16,17)5-4-14(9)21(18,19)12-6-10(7-15)2-3-11(12)13/h2-3,6,9,15H,4-5,7-8H2,1H3. The van der Waals surface area contributed by atoms with Crippen LogP contribution in [0.2, 0.25) is 5.02 Å². The molecule has 1 saturated heterocycles. The van der Waals surface area contributed by atoms with Crippen molar-refractivity contribution in [2.24, 2.45) is 0 Å². The highest BCUT2D eigenvalue weighted by molar-refractivity contribution is 7.92. The van der Waals surface area contributed by atoms with E-state index < -0.39 is 25.9 Å². The van der Waals surface area contributed by atoms with E-state index >= 15 is 0 Å². The summed E-state index contributed by atoms with van der Waals surface area (Å²) in [6.45, 7) is 1.16. The summed E-state index contributed by atoms with van der Waals surface area (Å²) in [4.78, 5) is -0.109.